The molecule has 1 heterocycles. The van der Waals surface area contributed by atoms with Crippen LogP contribution in [0.2, 0.25) is 0 Å². The Morgan fingerprint density at radius 1 is 1.19 bits per heavy atom. The van der Waals surface area contributed by atoms with Gasteiger partial charge in [0.25, 0.3) is 0 Å². The lowest BCUT2D eigenvalue weighted by Gasteiger charge is -2.21. The number of rotatable bonds is 8. The molecule has 0 bridgehead atoms. The Labute approximate surface area is 179 Å². The summed E-state index contributed by atoms with van der Waals surface area (Å²) in [6, 6.07) is 12.3. The van der Waals surface area contributed by atoms with E-state index in [4.69, 9.17) is 4.42 Å². The van der Waals surface area contributed by atoms with Crippen molar-refractivity contribution in [2.24, 2.45) is 4.99 Å². The van der Waals surface area contributed by atoms with Crippen molar-refractivity contribution in [2.45, 2.75) is 46.1 Å². The molecule has 5 nitrogen and oxygen atoms in total. The van der Waals surface area contributed by atoms with Crippen LogP contribution in [0.15, 0.2) is 45.8 Å². The second-order valence-corrected chi connectivity index (χ2v) is 6.81. The lowest BCUT2D eigenvalue weighted by atomic mass is 9.96. The van der Waals surface area contributed by atoms with Gasteiger partial charge in [0.1, 0.15) is 17.1 Å². The Morgan fingerprint density at radius 3 is 2.48 bits per heavy atom. The number of aliphatic imine (C=N–C) groups is 1. The van der Waals surface area contributed by atoms with E-state index >= 15 is 0 Å². The first-order valence-corrected chi connectivity index (χ1v) is 9.28. The molecule has 0 radical (unpaired) electrons. The zero-order valence-electron chi connectivity index (χ0n) is 16.7. The highest BCUT2D eigenvalue weighted by atomic mass is 127. The molecule has 6 heteroatoms. The van der Waals surface area contributed by atoms with E-state index in [0.717, 1.165) is 49.0 Å². The molecule has 3 N–H and O–H groups in total. The van der Waals surface area contributed by atoms with E-state index in [-0.39, 0.29) is 30.5 Å². The van der Waals surface area contributed by atoms with Crippen LogP contribution in [0, 0.1) is 13.8 Å². The molecule has 1 atom stereocenters. The number of furan rings is 1. The van der Waals surface area contributed by atoms with Gasteiger partial charge in [-0.05, 0) is 52.2 Å². The van der Waals surface area contributed by atoms with Gasteiger partial charge < -0.3 is 20.2 Å². The highest BCUT2D eigenvalue weighted by Crippen LogP contribution is 2.27. The predicted molar refractivity (Wildman–Crippen MR) is 122 cm³/mol. The van der Waals surface area contributed by atoms with Crippen LogP contribution >= 0.6 is 24.0 Å². The van der Waals surface area contributed by atoms with Crippen molar-refractivity contribution >= 4 is 29.9 Å². The van der Waals surface area contributed by atoms with E-state index in [1.165, 1.54) is 5.56 Å². The van der Waals surface area contributed by atoms with E-state index in [1.54, 1.807) is 6.92 Å². The standard InChI is InChI=1S/C21H31N3O2.HI/c1-5-22-20(23-13-9-12-18-10-7-6-8-11-18)24-15-21(4,25)19-14-16(2)26-17(19)3;/h6-8,10-11,14,25H,5,9,12-13,15H2,1-4H3,(H2,22,23,24);1H. The quantitative estimate of drug-likeness (QED) is 0.230. The number of hydrogen-bond acceptors (Lipinski definition) is 3. The van der Waals surface area contributed by atoms with Crippen LogP contribution in [-0.4, -0.2) is 30.7 Å². The van der Waals surface area contributed by atoms with Crippen LogP contribution in [0.3, 0.4) is 0 Å². The summed E-state index contributed by atoms with van der Waals surface area (Å²) in [5.74, 6) is 2.26. The minimum atomic E-state index is -1.06. The predicted octanol–water partition coefficient (Wildman–Crippen LogP) is 3.91. The van der Waals surface area contributed by atoms with Crippen molar-refractivity contribution in [1.29, 1.82) is 0 Å². The molecule has 150 valence electrons. The van der Waals surface area contributed by atoms with Gasteiger partial charge >= 0.3 is 0 Å². The van der Waals surface area contributed by atoms with E-state index in [2.05, 4.69) is 39.9 Å². The summed E-state index contributed by atoms with van der Waals surface area (Å²) in [5.41, 5.74) is 1.07. The third-order valence-electron chi connectivity index (χ3n) is 4.29. The van der Waals surface area contributed by atoms with Crippen LogP contribution in [0.1, 0.15) is 42.9 Å². The smallest absolute Gasteiger partial charge is 0.191 e. The summed E-state index contributed by atoms with van der Waals surface area (Å²) >= 11 is 0. The second kappa shape index (κ2) is 11.3. The average Bonchev–Trinajstić information content (AvgIpc) is 2.96. The van der Waals surface area contributed by atoms with E-state index < -0.39 is 5.60 Å². The van der Waals surface area contributed by atoms with Gasteiger partial charge in [-0.15, -0.1) is 24.0 Å². The molecule has 0 fully saturated rings. The molecule has 1 aromatic carbocycles. The van der Waals surface area contributed by atoms with Gasteiger partial charge in [-0.3, -0.25) is 0 Å². The largest absolute Gasteiger partial charge is 0.466 e. The number of hydrogen-bond donors (Lipinski definition) is 3. The fourth-order valence-corrected chi connectivity index (χ4v) is 2.97. The minimum absolute atomic E-state index is 0. The molecule has 1 unspecified atom stereocenters. The molecule has 0 saturated heterocycles. The van der Waals surface area contributed by atoms with Gasteiger partial charge in [0, 0.05) is 18.7 Å². The van der Waals surface area contributed by atoms with E-state index in [0.29, 0.717) is 0 Å². The van der Waals surface area contributed by atoms with Crippen molar-refractivity contribution in [3.63, 3.8) is 0 Å². The van der Waals surface area contributed by atoms with Crippen LogP contribution in [-0.2, 0) is 12.0 Å². The van der Waals surface area contributed by atoms with E-state index in [1.807, 2.05) is 32.9 Å². The number of aliphatic hydroxyl groups is 1. The maximum Gasteiger partial charge on any atom is 0.191 e. The Bertz CT molecular complexity index is 711. The van der Waals surface area contributed by atoms with Crippen LogP contribution in [0.25, 0.3) is 0 Å². The van der Waals surface area contributed by atoms with Gasteiger partial charge in [0.2, 0.25) is 0 Å². The topological polar surface area (TPSA) is 69.8 Å². The molecule has 0 aliphatic carbocycles. The highest BCUT2D eigenvalue weighted by molar-refractivity contribution is 14.0. The Balaban J connectivity index is 0.00000364. The third-order valence-corrected chi connectivity index (χ3v) is 4.29. The first kappa shape index (κ1) is 23.5. The molecule has 2 rings (SSSR count). The molecule has 0 aliphatic rings. The van der Waals surface area contributed by atoms with Crippen molar-refractivity contribution in [1.82, 2.24) is 10.6 Å². The molecule has 1 aromatic heterocycles. The number of nitrogens with zero attached hydrogens (tertiary/aromatic N) is 1. The fraction of sp³-hybridized carbons (Fsp3) is 0.476. The molecule has 0 spiro atoms. The molecule has 0 saturated carbocycles. The molecule has 27 heavy (non-hydrogen) atoms. The van der Waals surface area contributed by atoms with Crippen molar-refractivity contribution in [3.8, 4) is 0 Å². The molecular formula is C21H32IN3O2. The zero-order chi connectivity index (χ0) is 19.0. The fourth-order valence-electron chi connectivity index (χ4n) is 2.97. The molecule has 2 aromatic rings. The maximum absolute atomic E-state index is 10.8. The van der Waals surface area contributed by atoms with Gasteiger partial charge in [0.15, 0.2) is 5.96 Å². The Kier molecular flexibility index (Phi) is 9.87. The van der Waals surface area contributed by atoms with Gasteiger partial charge in [-0.2, -0.15) is 0 Å². The minimum Gasteiger partial charge on any atom is -0.466 e. The summed E-state index contributed by atoms with van der Waals surface area (Å²) in [6.45, 7) is 9.42. The summed E-state index contributed by atoms with van der Waals surface area (Å²) in [5, 5.41) is 17.4. The van der Waals surface area contributed by atoms with Gasteiger partial charge in [0.05, 0.1) is 6.54 Å². The van der Waals surface area contributed by atoms with Crippen LogP contribution < -0.4 is 10.6 Å². The second-order valence-electron chi connectivity index (χ2n) is 6.81. The van der Waals surface area contributed by atoms with Gasteiger partial charge in [-0.1, -0.05) is 30.3 Å². The van der Waals surface area contributed by atoms with Crippen molar-refractivity contribution in [2.75, 3.05) is 19.6 Å². The normalized spacial score (nSPS) is 13.6. The monoisotopic (exact) mass is 485 g/mol. The lowest BCUT2D eigenvalue weighted by Crippen LogP contribution is -2.39. The maximum atomic E-state index is 10.8. The van der Waals surface area contributed by atoms with Crippen LogP contribution in [0.4, 0.5) is 0 Å². The summed E-state index contributed by atoms with van der Waals surface area (Å²) in [6.07, 6.45) is 2.04. The average molecular weight is 485 g/mol. The summed E-state index contributed by atoms with van der Waals surface area (Å²) < 4.78 is 5.54. The lowest BCUT2D eigenvalue weighted by molar-refractivity contribution is 0.0657. The third kappa shape index (κ3) is 7.54. The van der Waals surface area contributed by atoms with Crippen LogP contribution in [0.5, 0.6) is 0 Å². The Hall–Kier alpha value is -1.54. The highest BCUT2D eigenvalue weighted by Gasteiger charge is 2.27. The van der Waals surface area contributed by atoms with Crippen molar-refractivity contribution in [3.05, 3.63) is 59.0 Å². The SMILES string of the molecule is CCNC(=NCC(C)(O)c1cc(C)oc1C)NCCCc1ccccc1.I. The Morgan fingerprint density at radius 2 is 1.89 bits per heavy atom. The number of guanidine groups is 1. The zero-order valence-corrected chi connectivity index (χ0v) is 19.0. The number of halogens is 1. The first-order valence-electron chi connectivity index (χ1n) is 9.28. The number of aryl methyl sites for hydroxylation is 3. The molecular weight excluding hydrogens is 453 g/mol. The summed E-state index contributed by atoms with van der Waals surface area (Å²) in [7, 11) is 0. The molecule has 0 aliphatic heterocycles. The van der Waals surface area contributed by atoms with Crippen molar-refractivity contribution < 1.29 is 9.52 Å². The molecule has 0 amide bonds. The number of benzene rings is 1. The van der Waals surface area contributed by atoms with E-state index in [9.17, 15) is 5.11 Å². The number of nitrogens with one attached hydrogen (secondary N) is 2. The first-order chi connectivity index (χ1) is 12.4. The van der Waals surface area contributed by atoms with Gasteiger partial charge in [-0.25, -0.2) is 4.99 Å². The summed E-state index contributed by atoms with van der Waals surface area (Å²) in [4.78, 5) is 4.56.